The molecular weight excluding hydrogens is 382 g/mol. The predicted octanol–water partition coefficient (Wildman–Crippen LogP) is 0.734. The van der Waals surface area contributed by atoms with Crippen molar-refractivity contribution in [2.75, 3.05) is 44.2 Å². The van der Waals surface area contributed by atoms with Gasteiger partial charge in [0.15, 0.2) is 17.3 Å². The van der Waals surface area contributed by atoms with E-state index in [0.29, 0.717) is 55.4 Å². The third-order valence-corrected chi connectivity index (χ3v) is 4.38. The van der Waals surface area contributed by atoms with E-state index >= 15 is 0 Å². The van der Waals surface area contributed by atoms with Crippen LogP contribution >= 0.6 is 0 Å². The largest absolute Gasteiger partial charge is 0.486 e. The minimum atomic E-state index is -0.776. The summed E-state index contributed by atoms with van der Waals surface area (Å²) in [6.07, 6.45) is -0.0827. The number of anilines is 2. The lowest BCUT2D eigenvalue weighted by molar-refractivity contribution is -0.123. The first-order valence-corrected chi connectivity index (χ1v) is 9.16. The van der Waals surface area contributed by atoms with Crippen LogP contribution in [0.3, 0.4) is 0 Å². The van der Waals surface area contributed by atoms with Crippen LogP contribution in [0.25, 0.3) is 0 Å². The fourth-order valence-corrected chi connectivity index (χ4v) is 3.03. The number of carbonyl (C=O) groups is 2. The van der Waals surface area contributed by atoms with Gasteiger partial charge in [-0.2, -0.15) is 10.1 Å². The van der Waals surface area contributed by atoms with Crippen LogP contribution in [0.2, 0.25) is 0 Å². The molecule has 2 aliphatic rings. The molecule has 2 N–H and O–H groups in total. The van der Waals surface area contributed by atoms with Crippen molar-refractivity contribution in [2.45, 2.75) is 19.1 Å². The molecule has 0 saturated carbocycles. The van der Waals surface area contributed by atoms with Crippen LogP contribution in [0.4, 0.5) is 11.6 Å². The fraction of sp³-hybridized carbons (Fsp3) is 0.444. The number of amides is 2. The van der Waals surface area contributed by atoms with Crippen molar-refractivity contribution in [2.24, 2.45) is 0 Å². The van der Waals surface area contributed by atoms with E-state index in [9.17, 15) is 9.59 Å². The Bertz CT molecular complexity index is 914. The van der Waals surface area contributed by atoms with E-state index in [1.807, 2.05) is 0 Å². The molecule has 0 fully saturated rings. The Morgan fingerprint density at radius 3 is 2.97 bits per heavy atom. The molecule has 0 unspecified atom stereocenters. The Morgan fingerprint density at radius 1 is 1.31 bits per heavy atom. The Balaban J connectivity index is 1.37. The monoisotopic (exact) mass is 403 g/mol. The van der Waals surface area contributed by atoms with Gasteiger partial charge in [0.2, 0.25) is 11.9 Å². The van der Waals surface area contributed by atoms with Crippen molar-refractivity contribution in [1.29, 1.82) is 0 Å². The molecule has 1 atom stereocenters. The number of fused-ring (bicyclic) bond motifs is 2. The van der Waals surface area contributed by atoms with Gasteiger partial charge in [-0.25, -0.2) is 4.68 Å². The van der Waals surface area contributed by atoms with Crippen molar-refractivity contribution < 1.29 is 28.5 Å². The van der Waals surface area contributed by atoms with Crippen LogP contribution in [-0.4, -0.2) is 60.1 Å². The van der Waals surface area contributed by atoms with Gasteiger partial charge >= 0.3 is 0 Å². The molecule has 2 aromatic rings. The van der Waals surface area contributed by atoms with Crippen molar-refractivity contribution >= 4 is 23.5 Å². The van der Waals surface area contributed by atoms with Crippen molar-refractivity contribution in [3.63, 3.8) is 0 Å². The maximum absolute atomic E-state index is 12.5. The number of benzene rings is 1. The standard InChI is InChI=1S/C18H21N5O6/c1-26-4-5-27-10-15-20-18-21-17(25)12(23(18)22-15)9-16(24)19-11-2-3-13-14(8-11)29-7-6-28-13/h2-3,8,12H,4-7,9-10H2,1H3,(H,19,24)(H,20,21,22,25)/t12-/m1/s1. The summed E-state index contributed by atoms with van der Waals surface area (Å²) in [5, 5.41) is 9.68. The van der Waals surface area contributed by atoms with Crippen LogP contribution in [0.15, 0.2) is 18.2 Å². The Hall–Kier alpha value is -3.18. The molecule has 29 heavy (non-hydrogen) atoms. The Labute approximate surface area is 166 Å². The zero-order valence-electron chi connectivity index (χ0n) is 15.8. The summed E-state index contributed by atoms with van der Waals surface area (Å²) >= 11 is 0. The average Bonchev–Trinajstić information content (AvgIpc) is 3.23. The molecule has 2 amide bonds. The zero-order chi connectivity index (χ0) is 20.2. The summed E-state index contributed by atoms with van der Waals surface area (Å²) < 4.78 is 22.7. The summed E-state index contributed by atoms with van der Waals surface area (Å²) in [4.78, 5) is 28.9. The second kappa shape index (κ2) is 8.45. The molecule has 0 spiro atoms. The van der Waals surface area contributed by atoms with E-state index in [1.54, 1.807) is 25.3 Å². The Morgan fingerprint density at radius 2 is 2.14 bits per heavy atom. The number of methoxy groups -OCH3 is 1. The number of carbonyl (C=O) groups excluding carboxylic acids is 2. The predicted molar refractivity (Wildman–Crippen MR) is 99.9 cm³/mol. The molecule has 0 radical (unpaired) electrons. The topological polar surface area (TPSA) is 126 Å². The lowest BCUT2D eigenvalue weighted by atomic mass is 10.2. The highest BCUT2D eigenvalue weighted by molar-refractivity contribution is 6.01. The van der Waals surface area contributed by atoms with E-state index in [4.69, 9.17) is 18.9 Å². The second-order valence-electron chi connectivity index (χ2n) is 6.46. The quantitative estimate of drug-likeness (QED) is 0.618. The number of rotatable bonds is 8. The fourth-order valence-electron chi connectivity index (χ4n) is 3.03. The summed E-state index contributed by atoms with van der Waals surface area (Å²) in [7, 11) is 1.59. The van der Waals surface area contributed by atoms with Crippen LogP contribution < -0.4 is 20.1 Å². The van der Waals surface area contributed by atoms with Gasteiger partial charge in [-0.05, 0) is 12.1 Å². The molecule has 4 rings (SSSR count). The highest BCUT2D eigenvalue weighted by atomic mass is 16.6. The molecule has 0 bridgehead atoms. The van der Waals surface area contributed by atoms with Gasteiger partial charge in [-0.15, -0.1) is 0 Å². The number of nitrogens with one attached hydrogen (secondary N) is 2. The van der Waals surface area contributed by atoms with Crippen LogP contribution in [0.1, 0.15) is 18.3 Å². The van der Waals surface area contributed by atoms with E-state index in [1.165, 1.54) is 4.68 Å². The van der Waals surface area contributed by atoms with Crippen molar-refractivity contribution in [1.82, 2.24) is 14.8 Å². The minimum absolute atomic E-state index is 0.0827. The molecule has 3 heterocycles. The first kappa shape index (κ1) is 19.2. The third-order valence-electron chi connectivity index (χ3n) is 4.38. The molecule has 1 aromatic heterocycles. The molecular formula is C18H21N5O6. The molecule has 154 valence electrons. The van der Waals surface area contributed by atoms with E-state index in [-0.39, 0.29) is 24.8 Å². The maximum atomic E-state index is 12.5. The van der Waals surface area contributed by atoms with Gasteiger partial charge in [0.25, 0.3) is 5.91 Å². The van der Waals surface area contributed by atoms with E-state index in [2.05, 4.69) is 20.7 Å². The summed E-state index contributed by atoms with van der Waals surface area (Å²) in [5.74, 6) is 1.28. The van der Waals surface area contributed by atoms with Gasteiger partial charge in [0, 0.05) is 18.9 Å². The lowest BCUT2D eigenvalue weighted by Crippen LogP contribution is -2.24. The van der Waals surface area contributed by atoms with Crippen molar-refractivity contribution in [3.8, 4) is 11.5 Å². The first-order chi connectivity index (χ1) is 14.1. The van der Waals surface area contributed by atoms with Gasteiger partial charge in [-0.3, -0.25) is 14.9 Å². The molecule has 2 aliphatic heterocycles. The van der Waals surface area contributed by atoms with E-state index < -0.39 is 6.04 Å². The summed E-state index contributed by atoms with van der Waals surface area (Å²) in [6, 6.07) is 4.37. The molecule has 11 nitrogen and oxygen atoms in total. The number of hydrogen-bond donors (Lipinski definition) is 2. The van der Waals surface area contributed by atoms with Crippen LogP contribution in [-0.2, 0) is 25.7 Å². The van der Waals surface area contributed by atoms with Gasteiger partial charge in [-0.1, -0.05) is 0 Å². The molecule has 0 aliphatic carbocycles. The minimum Gasteiger partial charge on any atom is -0.486 e. The van der Waals surface area contributed by atoms with Crippen molar-refractivity contribution in [3.05, 3.63) is 24.0 Å². The maximum Gasteiger partial charge on any atom is 0.252 e. The SMILES string of the molecule is COCCOCc1nc2n(n1)[C@H](CC(=O)Nc1ccc3c(c1)OCCO3)C(=O)N2. The first-order valence-electron chi connectivity index (χ1n) is 9.16. The van der Waals surface area contributed by atoms with Crippen LogP contribution in [0.5, 0.6) is 11.5 Å². The Kier molecular flexibility index (Phi) is 5.58. The molecule has 1 aromatic carbocycles. The van der Waals surface area contributed by atoms with Crippen LogP contribution in [0, 0.1) is 0 Å². The molecule has 11 heteroatoms. The zero-order valence-corrected chi connectivity index (χ0v) is 15.8. The lowest BCUT2D eigenvalue weighted by Gasteiger charge is -2.19. The number of hydrogen-bond acceptors (Lipinski definition) is 8. The van der Waals surface area contributed by atoms with E-state index in [0.717, 1.165) is 0 Å². The molecule has 0 saturated heterocycles. The van der Waals surface area contributed by atoms with Gasteiger partial charge in [0.05, 0.1) is 19.6 Å². The summed E-state index contributed by atoms with van der Waals surface area (Å²) in [6.45, 7) is 2.02. The smallest absolute Gasteiger partial charge is 0.252 e. The second-order valence-corrected chi connectivity index (χ2v) is 6.46. The average molecular weight is 403 g/mol. The number of nitrogens with zero attached hydrogens (tertiary/aromatic N) is 3. The normalized spacial score (nSPS) is 17.0. The number of aromatic nitrogens is 3. The van der Waals surface area contributed by atoms with Gasteiger partial charge in [0.1, 0.15) is 25.9 Å². The highest BCUT2D eigenvalue weighted by Crippen LogP contribution is 2.33. The number of ether oxygens (including phenoxy) is 4. The van der Waals surface area contributed by atoms with Gasteiger partial charge < -0.3 is 24.3 Å². The summed E-state index contributed by atoms with van der Waals surface area (Å²) in [5.41, 5.74) is 0.559. The third kappa shape index (κ3) is 4.30. The highest BCUT2D eigenvalue weighted by Gasteiger charge is 2.35.